The fourth-order valence-corrected chi connectivity index (χ4v) is 4.93. The molecular formula is C31H39N5O6. The van der Waals surface area contributed by atoms with Crippen molar-refractivity contribution in [1.29, 1.82) is 0 Å². The first-order valence-corrected chi connectivity index (χ1v) is 14.0. The SMILES string of the molecule is Cc1noc(C)c1NC(=O)N(C)C[C@H]1Oc2ccc(NC(=O)Cc3ccccc3)cc2CC(=O)N([C@H](C)CO)C[C@@H]1C. The Balaban J connectivity index is 1.56. The Bertz CT molecular complexity index is 1390. The maximum Gasteiger partial charge on any atom is 0.321 e. The highest BCUT2D eigenvalue weighted by molar-refractivity contribution is 5.93. The van der Waals surface area contributed by atoms with Crippen molar-refractivity contribution < 1.29 is 28.8 Å². The van der Waals surface area contributed by atoms with Crippen molar-refractivity contribution in [3.05, 3.63) is 71.1 Å². The third kappa shape index (κ3) is 7.47. The lowest BCUT2D eigenvalue weighted by molar-refractivity contribution is -0.134. The van der Waals surface area contributed by atoms with Crippen LogP contribution in [-0.2, 0) is 22.4 Å². The van der Waals surface area contributed by atoms with E-state index in [1.165, 1.54) is 4.90 Å². The lowest BCUT2D eigenvalue weighted by atomic mass is 10.0. The number of likely N-dealkylation sites (N-methyl/N-ethyl adjacent to an activating group) is 1. The molecule has 0 saturated heterocycles. The number of rotatable bonds is 8. The Morgan fingerprint density at radius 1 is 1.17 bits per heavy atom. The first kappa shape index (κ1) is 30.6. The standard InChI is InChI=1S/C31H39N5O6/c1-19-16-36(20(2)18-37)29(39)15-24-14-25(32-28(38)13-23-9-7-6-8-10-23)11-12-26(24)41-27(19)17-35(5)31(40)33-30-21(3)34-42-22(30)4/h6-12,14,19-20,27,37H,13,15-18H2,1-5H3,(H,32,38)(H,33,40)/t19-,20+,27+/m0/s1. The van der Waals surface area contributed by atoms with Crippen LogP contribution in [-0.4, -0.2) is 76.8 Å². The number of ether oxygens (including phenoxy) is 1. The van der Waals surface area contributed by atoms with Crippen molar-refractivity contribution in [1.82, 2.24) is 15.0 Å². The molecule has 1 aromatic heterocycles. The van der Waals surface area contributed by atoms with Gasteiger partial charge in [0, 0.05) is 30.8 Å². The van der Waals surface area contributed by atoms with Gasteiger partial charge in [-0.2, -0.15) is 0 Å². The van der Waals surface area contributed by atoms with Gasteiger partial charge in [0.05, 0.1) is 32.0 Å². The molecular weight excluding hydrogens is 538 g/mol. The number of aromatic nitrogens is 1. The molecule has 0 saturated carbocycles. The number of nitrogens with zero attached hydrogens (tertiary/aromatic N) is 3. The summed E-state index contributed by atoms with van der Waals surface area (Å²) in [5.41, 5.74) is 3.15. The first-order chi connectivity index (χ1) is 20.0. The minimum atomic E-state index is -0.484. The third-order valence-electron chi connectivity index (χ3n) is 7.47. The van der Waals surface area contributed by atoms with Crippen LogP contribution in [0.2, 0.25) is 0 Å². The molecule has 0 spiro atoms. The molecule has 0 aliphatic carbocycles. The highest BCUT2D eigenvalue weighted by Crippen LogP contribution is 2.29. The number of hydrogen-bond donors (Lipinski definition) is 3. The van der Waals surface area contributed by atoms with Crippen LogP contribution in [0.1, 0.15) is 36.4 Å². The number of amides is 4. The molecule has 1 aliphatic heterocycles. The summed E-state index contributed by atoms with van der Waals surface area (Å²) in [5.74, 6) is 0.484. The van der Waals surface area contributed by atoms with Gasteiger partial charge in [-0.05, 0) is 44.5 Å². The van der Waals surface area contributed by atoms with Crippen LogP contribution >= 0.6 is 0 Å². The van der Waals surface area contributed by atoms with Crippen LogP contribution in [0.5, 0.6) is 5.75 Å². The number of hydrogen-bond acceptors (Lipinski definition) is 7. The van der Waals surface area contributed by atoms with Gasteiger partial charge >= 0.3 is 6.03 Å². The average molecular weight is 578 g/mol. The summed E-state index contributed by atoms with van der Waals surface area (Å²) in [6.45, 7) is 7.59. The molecule has 0 unspecified atom stereocenters. The Kier molecular flexibility index (Phi) is 9.84. The quantitative estimate of drug-likeness (QED) is 0.371. The summed E-state index contributed by atoms with van der Waals surface area (Å²) in [6.07, 6.45) is -0.233. The minimum Gasteiger partial charge on any atom is -0.488 e. The number of carbonyl (C=O) groups excluding carboxylic acids is 3. The number of aryl methyl sites for hydroxylation is 2. The van der Waals surface area contributed by atoms with Crippen LogP contribution in [0, 0.1) is 19.8 Å². The highest BCUT2D eigenvalue weighted by atomic mass is 16.5. The van der Waals surface area contributed by atoms with E-state index in [4.69, 9.17) is 9.26 Å². The molecule has 4 amide bonds. The Morgan fingerprint density at radius 3 is 2.57 bits per heavy atom. The van der Waals surface area contributed by atoms with Gasteiger partial charge in [-0.3, -0.25) is 9.59 Å². The Morgan fingerprint density at radius 2 is 1.90 bits per heavy atom. The second kappa shape index (κ2) is 13.5. The van der Waals surface area contributed by atoms with E-state index in [-0.39, 0.29) is 49.8 Å². The van der Waals surface area contributed by atoms with E-state index in [1.807, 2.05) is 37.3 Å². The second-order valence-corrected chi connectivity index (χ2v) is 10.9. The van der Waals surface area contributed by atoms with Crippen molar-refractivity contribution >= 4 is 29.2 Å². The van der Waals surface area contributed by atoms with Gasteiger partial charge in [-0.1, -0.05) is 42.4 Å². The number of urea groups is 1. The number of aliphatic hydroxyl groups is 1. The van der Waals surface area contributed by atoms with Crippen LogP contribution in [0.4, 0.5) is 16.2 Å². The fraction of sp³-hybridized carbons (Fsp3) is 0.419. The zero-order valence-electron chi connectivity index (χ0n) is 24.7. The largest absolute Gasteiger partial charge is 0.488 e. The van der Waals surface area contributed by atoms with Crippen molar-refractivity contribution in [2.75, 3.05) is 37.4 Å². The van der Waals surface area contributed by atoms with Gasteiger partial charge in [0.2, 0.25) is 11.8 Å². The minimum absolute atomic E-state index is 0.0316. The number of nitrogens with one attached hydrogen (secondary N) is 2. The van der Waals surface area contributed by atoms with E-state index in [0.29, 0.717) is 40.7 Å². The molecule has 224 valence electrons. The smallest absolute Gasteiger partial charge is 0.321 e. The zero-order chi connectivity index (χ0) is 30.4. The summed E-state index contributed by atoms with van der Waals surface area (Å²) in [7, 11) is 1.67. The van der Waals surface area contributed by atoms with Crippen molar-refractivity contribution in [3.8, 4) is 5.75 Å². The van der Waals surface area contributed by atoms with Gasteiger partial charge in [0.15, 0.2) is 5.76 Å². The maximum absolute atomic E-state index is 13.5. The molecule has 11 nitrogen and oxygen atoms in total. The van der Waals surface area contributed by atoms with Crippen LogP contribution in [0.15, 0.2) is 53.1 Å². The molecule has 0 bridgehead atoms. The number of anilines is 2. The van der Waals surface area contributed by atoms with Gasteiger partial charge < -0.3 is 34.8 Å². The summed E-state index contributed by atoms with van der Waals surface area (Å²) >= 11 is 0. The van der Waals surface area contributed by atoms with E-state index >= 15 is 0 Å². The lowest BCUT2D eigenvalue weighted by Gasteiger charge is -2.34. The summed E-state index contributed by atoms with van der Waals surface area (Å²) in [6, 6.07) is 13.9. The molecule has 0 fully saturated rings. The van der Waals surface area contributed by atoms with Crippen LogP contribution < -0.4 is 15.4 Å². The van der Waals surface area contributed by atoms with Gasteiger partial charge in [-0.25, -0.2) is 4.79 Å². The molecule has 11 heteroatoms. The first-order valence-electron chi connectivity index (χ1n) is 14.0. The summed E-state index contributed by atoms with van der Waals surface area (Å²) < 4.78 is 11.6. The van der Waals surface area contributed by atoms with Gasteiger partial charge in [0.1, 0.15) is 23.2 Å². The number of aliphatic hydroxyl groups excluding tert-OH is 1. The molecule has 4 rings (SSSR count). The number of fused-ring (bicyclic) bond motifs is 1. The third-order valence-corrected chi connectivity index (χ3v) is 7.47. The fourth-order valence-electron chi connectivity index (χ4n) is 4.93. The molecule has 3 atom stereocenters. The predicted molar refractivity (Wildman–Crippen MR) is 158 cm³/mol. The Hall–Kier alpha value is -4.38. The highest BCUT2D eigenvalue weighted by Gasteiger charge is 2.32. The van der Waals surface area contributed by atoms with Crippen LogP contribution in [0.3, 0.4) is 0 Å². The average Bonchev–Trinajstić information content (AvgIpc) is 3.29. The van der Waals surface area contributed by atoms with E-state index in [1.54, 1.807) is 50.9 Å². The van der Waals surface area contributed by atoms with E-state index < -0.39 is 12.1 Å². The molecule has 0 radical (unpaired) electrons. The molecule has 2 aromatic carbocycles. The van der Waals surface area contributed by atoms with E-state index in [2.05, 4.69) is 15.8 Å². The van der Waals surface area contributed by atoms with E-state index in [9.17, 15) is 19.5 Å². The predicted octanol–water partition coefficient (Wildman–Crippen LogP) is 3.79. The summed E-state index contributed by atoms with van der Waals surface area (Å²) in [5, 5.41) is 19.5. The maximum atomic E-state index is 13.5. The molecule has 3 aromatic rings. The normalized spacial score (nSPS) is 17.7. The molecule has 42 heavy (non-hydrogen) atoms. The second-order valence-electron chi connectivity index (χ2n) is 10.9. The topological polar surface area (TPSA) is 137 Å². The van der Waals surface area contributed by atoms with Gasteiger partial charge in [-0.15, -0.1) is 0 Å². The lowest BCUT2D eigenvalue weighted by Crippen LogP contribution is -2.48. The number of carbonyl (C=O) groups is 3. The molecule has 1 aliphatic rings. The number of benzene rings is 2. The van der Waals surface area contributed by atoms with Crippen molar-refractivity contribution in [2.45, 2.75) is 52.7 Å². The molecule has 3 N–H and O–H groups in total. The monoisotopic (exact) mass is 577 g/mol. The Labute approximate surface area is 245 Å². The van der Waals surface area contributed by atoms with Gasteiger partial charge in [0.25, 0.3) is 0 Å². The van der Waals surface area contributed by atoms with Crippen LogP contribution in [0.25, 0.3) is 0 Å². The van der Waals surface area contributed by atoms with Crippen molar-refractivity contribution in [2.24, 2.45) is 5.92 Å². The zero-order valence-corrected chi connectivity index (χ0v) is 24.7. The summed E-state index contributed by atoms with van der Waals surface area (Å²) in [4.78, 5) is 42.4. The van der Waals surface area contributed by atoms with E-state index in [0.717, 1.165) is 5.56 Å². The van der Waals surface area contributed by atoms with Crippen molar-refractivity contribution in [3.63, 3.8) is 0 Å². The molecule has 2 heterocycles.